The second-order valence-electron chi connectivity index (χ2n) is 6.58. The highest BCUT2D eigenvalue weighted by atomic mass is 16.5. The van der Waals surface area contributed by atoms with E-state index < -0.39 is 6.10 Å². The van der Waals surface area contributed by atoms with Crippen LogP contribution in [-0.4, -0.2) is 30.5 Å². The quantitative estimate of drug-likeness (QED) is 0.722. The highest BCUT2D eigenvalue weighted by molar-refractivity contribution is 5.45. The molecule has 0 bridgehead atoms. The summed E-state index contributed by atoms with van der Waals surface area (Å²) in [5.74, 6) is 1.16. The van der Waals surface area contributed by atoms with Gasteiger partial charge in [0.1, 0.15) is 0 Å². The van der Waals surface area contributed by atoms with Crippen molar-refractivity contribution in [3.8, 4) is 0 Å². The molecule has 2 unspecified atom stereocenters. The van der Waals surface area contributed by atoms with Crippen molar-refractivity contribution in [2.75, 3.05) is 18.5 Å². The van der Waals surface area contributed by atoms with Crippen LogP contribution in [0.5, 0.6) is 0 Å². The maximum atomic E-state index is 9.95. The molecule has 21 heavy (non-hydrogen) atoms. The number of benzene rings is 1. The SMILES string of the molecule is CC(C)CC(C)OCC(O)CNc1ccc(C(C)C)cc1. The molecule has 0 aliphatic rings. The van der Waals surface area contributed by atoms with E-state index in [1.54, 1.807) is 0 Å². The van der Waals surface area contributed by atoms with E-state index in [1.165, 1.54) is 5.56 Å². The van der Waals surface area contributed by atoms with Gasteiger partial charge in [0.2, 0.25) is 0 Å². The first-order chi connectivity index (χ1) is 9.88. The summed E-state index contributed by atoms with van der Waals surface area (Å²) in [5, 5.41) is 13.2. The molecule has 3 nitrogen and oxygen atoms in total. The average Bonchev–Trinajstić information content (AvgIpc) is 2.42. The number of hydrogen-bond donors (Lipinski definition) is 2. The summed E-state index contributed by atoms with van der Waals surface area (Å²) in [6.45, 7) is 11.7. The van der Waals surface area contributed by atoms with Gasteiger partial charge in [-0.15, -0.1) is 0 Å². The van der Waals surface area contributed by atoms with Gasteiger partial charge in [-0.1, -0.05) is 39.8 Å². The largest absolute Gasteiger partial charge is 0.389 e. The fourth-order valence-corrected chi connectivity index (χ4v) is 2.29. The van der Waals surface area contributed by atoms with Gasteiger partial charge in [0, 0.05) is 12.2 Å². The van der Waals surface area contributed by atoms with Gasteiger partial charge in [-0.05, 0) is 42.9 Å². The lowest BCUT2D eigenvalue weighted by Crippen LogP contribution is -2.27. The van der Waals surface area contributed by atoms with Crippen LogP contribution in [0.1, 0.15) is 52.5 Å². The Labute approximate surface area is 129 Å². The van der Waals surface area contributed by atoms with E-state index in [-0.39, 0.29) is 6.10 Å². The molecule has 0 heterocycles. The van der Waals surface area contributed by atoms with E-state index >= 15 is 0 Å². The molecule has 0 radical (unpaired) electrons. The first kappa shape index (κ1) is 18.0. The van der Waals surface area contributed by atoms with Gasteiger partial charge in [0.15, 0.2) is 0 Å². The van der Waals surface area contributed by atoms with Crippen LogP contribution in [0.2, 0.25) is 0 Å². The molecular weight excluding hydrogens is 262 g/mol. The van der Waals surface area contributed by atoms with Crippen LogP contribution in [0, 0.1) is 5.92 Å². The third kappa shape index (κ3) is 7.49. The lowest BCUT2D eigenvalue weighted by atomic mass is 10.0. The summed E-state index contributed by atoms with van der Waals surface area (Å²) in [6.07, 6.45) is 0.742. The smallest absolute Gasteiger partial charge is 0.0945 e. The van der Waals surface area contributed by atoms with Gasteiger partial charge in [0.05, 0.1) is 18.8 Å². The number of rotatable bonds is 9. The summed E-state index contributed by atoms with van der Waals surface area (Å²) in [4.78, 5) is 0. The molecular formula is C18H31NO2. The van der Waals surface area contributed by atoms with Gasteiger partial charge < -0.3 is 15.2 Å². The molecule has 2 atom stereocenters. The third-order valence-electron chi connectivity index (χ3n) is 3.50. The normalized spacial score (nSPS) is 14.5. The van der Waals surface area contributed by atoms with Gasteiger partial charge in [-0.3, -0.25) is 0 Å². The van der Waals surface area contributed by atoms with Crippen LogP contribution in [-0.2, 0) is 4.74 Å². The van der Waals surface area contributed by atoms with Crippen LogP contribution >= 0.6 is 0 Å². The van der Waals surface area contributed by atoms with E-state index in [9.17, 15) is 5.11 Å². The standard InChI is InChI=1S/C18H31NO2/c1-13(2)10-15(5)21-12-18(20)11-19-17-8-6-16(7-9-17)14(3)4/h6-9,13-15,18-20H,10-12H2,1-5H3. The lowest BCUT2D eigenvalue weighted by Gasteiger charge is -2.18. The zero-order chi connectivity index (χ0) is 15.8. The highest BCUT2D eigenvalue weighted by Gasteiger charge is 2.09. The number of aliphatic hydroxyl groups is 1. The lowest BCUT2D eigenvalue weighted by molar-refractivity contribution is -0.00443. The number of hydrogen-bond acceptors (Lipinski definition) is 3. The molecule has 0 aliphatic heterocycles. The second-order valence-corrected chi connectivity index (χ2v) is 6.58. The summed E-state index contributed by atoms with van der Waals surface area (Å²) >= 11 is 0. The Morgan fingerprint density at radius 3 is 2.19 bits per heavy atom. The molecule has 2 N–H and O–H groups in total. The molecule has 0 amide bonds. The highest BCUT2D eigenvalue weighted by Crippen LogP contribution is 2.17. The Morgan fingerprint density at radius 1 is 1.05 bits per heavy atom. The average molecular weight is 293 g/mol. The summed E-state index contributed by atoms with van der Waals surface area (Å²) in [5.41, 5.74) is 2.36. The van der Waals surface area contributed by atoms with Gasteiger partial charge in [0.25, 0.3) is 0 Å². The molecule has 0 saturated heterocycles. The zero-order valence-electron chi connectivity index (χ0n) is 14.1. The Balaban J connectivity index is 2.27. The monoisotopic (exact) mass is 293 g/mol. The summed E-state index contributed by atoms with van der Waals surface area (Å²) < 4.78 is 5.66. The molecule has 0 saturated carbocycles. The van der Waals surface area contributed by atoms with Gasteiger partial charge in [-0.25, -0.2) is 0 Å². The van der Waals surface area contributed by atoms with E-state index in [0.717, 1.165) is 12.1 Å². The van der Waals surface area contributed by atoms with Crippen molar-refractivity contribution >= 4 is 5.69 Å². The van der Waals surface area contributed by atoms with Crippen molar-refractivity contribution in [2.45, 2.75) is 59.2 Å². The van der Waals surface area contributed by atoms with E-state index in [1.807, 2.05) is 0 Å². The maximum Gasteiger partial charge on any atom is 0.0945 e. The number of aliphatic hydroxyl groups excluding tert-OH is 1. The number of anilines is 1. The molecule has 0 aromatic heterocycles. The number of nitrogens with one attached hydrogen (secondary N) is 1. The first-order valence-corrected chi connectivity index (χ1v) is 8.02. The third-order valence-corrected chi connectivity index (χ3v) is 3.50. The van der Waals surface area contributed by atoms with E-state index in [4.69, 9.17) is 4.74 Å². The second kappa shape index (κ2) is 9.06. The zero-order valence-corrected chi connectivity index (χ0v) is 14.1. The van der Waals surface area contributed by atoms with Crippen LogP contribution in [0.3, 0.4) is 0 Å². The Bertz CT molecular complexity index is 387. The summed E-state index contributed by atoms with van der Waals surface area (Å²) in [7, 11) is 0. The predicted molar refractivity (Wildman–Crippen MR) is 89.9 cm³/mol. The fraction of sp³-hybridized carbons (Fsp3) is 0.667. The van der Waals surface area contributed by atoms with Crippen molar-refractivity contribution in [3.63, 3.8) is 0 Å². The number of ether oxygens (including phenoxy) is 1. The molecule has 1 aromatic carbocycles. The van der Waals surface area contributed by atoms with Crippen molar-refractivity contribution < 1.29 is 9.84 Å². The van der Waals surface area contributed by atoms with Crippen molar-refractivity contribution in [2.24, 2.45) is 5.92 Å². The van der Waals surface area contributed by atoms with Crippen molar-refractivity contribution in [3.05, 3.63) is 29.8 Å². The minimum atomic E-state index is -0.482. The predicted octanol–water partition coefficient (Wildman–Crippen LogP) is 4.03. The molecule has 120 valence electrons. The fourth-order valence-electron chi connectivity index (χ4n) is 2.29. The Morgan fingerprint density at radius 2 is 1.67 bits per heavy atom. The topological polar surface area (TPSA) is 41.5 Å². The van der Waals surface area contributed by atoms with E-state index in [0.29, 0.717) is 25.0 Å². The van der Waals surface area contributed by atoms with Gasteiger partial charge in [-0.2, -0.15) is 0 Å². The van der Waals surface area contributed by atoms with Crippen LogP contribution in [0.15, 0.2) is 24.3 Å². The Hall–Kier alpha value is -1.06. The maximum absolute atomic E-state index is 9.95. The van der Waals surface area contributed by atoms with Crippen molar-refractivity contribution in [1.82, 2.24) is 0 Å². The molecule has 3 heteroatoms. The van der Waals surface area contributed by atoms with E-state index in [2.05, 4.69) is 64.2 Å². The van der Waals surface area contributed by atoms with Crippen molar-refractivity contribution in [1.29, 1.82) is 0 Å². The Kier molecular flexibility index (Phi) is 7.76. The summed E-state index contributed by atoms with van der Waals surface area (Å²) in [6, 6.07) is 8.37. The van der Waals surface area contributed by atoms with Crippen LogP contribution in [0.4, 0.5) is 5.69 Å². The molecule has 0 aliphatic carbocycles. The van der Waals surface area contributed by atoms with Crippen LogP contribution in [0.25, 0.3) is 0 Å². The van der Waals surface area contributed by atoms with Crippen LogP contribution < -0.4 is 5.32 Å². The minimum Gasteiger partial charge on any atom is -0.389 e. The molecule has 0 spiro atoms. The first-order valence-electron chi connectivity index (χ1n) is 8.02. The van der Waals surface area contributed by atoms with Gasteiger partial charge >= 0.3 is 0 Å². The molecule has 1 rings (SSSR count). The molecule has 0 fully saturated rings. The minimum absolute atomic E-state index is 0.199. The molecule has 1 aromatic rings.